The van der Waals surface area contributed by atoms with Crippen molar-refractivity contribution in [3.63, 3.8) is 0 Å². The third-order valence-corrected chi connectivity index (χ3v) is 3.82. The van der Waals surface area contributed by atoms with E-state index in [1.807, 2.05) is 12.1 Å². The molecular formula is C17H11BrO4. The fourth-order valence-corrected chi connectivity index (χ4v) is 2.50. The molecule has 0 N–H and O–H groups in total. The first-order valence-electron chi connectivity index (χ1n) is 6.52. The lowest BCUT2D eigenvalue weighted by molar-refractivity contribution is 0.0598. The van der Waals surface area contributed by atoms with Gasteiger partial charge in [0.05, 0.1) is 12.5 Å². The van der Waals surface area contributed by atoms with Crippen LogP contribution in [0.2, 0.25) is 0 Å². The topological polar surface area (TPSA) is 56.5 Å². The molecule has 0 spiro atoms. The molecule has 0 aliphatic heterocycles. The number of hydrogen-bond acceptors (Lipinski definition) is 4. The fourth-order valence-electron chi connectivity index (χ4n) is 2.23. The van der Waals surface area contributed by atoms with Crippen molar-refractivity contribution in [3.8, 4) is 11.3 Å². The normalized spacial score (nSPS) is 10.6. The zero-order valence-corrected chi connectivity index (χ0v) is 13.2. The van der Waals surface area contributed by atoms with Gasteiger partial charge < -0.3 is 9.15 Å². The summed E-state index contributed by atoms with van der Waals surface area (Å²) < 4.78 is 11.4. The van der Waals surface area contributed by atoms with Gasteiger partial charge in [-0.15, -0.1) is 0 Å². The van der Waals surface area contributed by atoms with E-state index in [2.05, 4.69) is 15.9 Å². The highest BCUT2D eigenvalue weighted by Gasteiger charge is 2.22. The van der Waals surface area contributed by atoms with Gasteiger partial charge in [0.1, 0.15) is 5.58 Å². The van der Waals surface area contributed by atoms with Crippen LogP contribution in [0.3, 0.4) is 0 Å². The molecule has 3 aromatic rings. The Balaban J connectivity index is 2.39. The highest BCUT2D eigenvalue weighted by molar-refractivity contribution is 9.10. The van der Waals surface area contributed by atoms with Crippen LogP contribution in [-0.2, 0) is 4.74 Å². The molecular weight excluding hydrogens is 348 g/mol. The molecule has 0 radical (unpaired) electrons. The molecule has 0 fully saturated rings. The molecule has 3 rings (SSSR count). The summed E-state index contributed by atoms with van der Waals surface area (Å²) in [5.41, 5.74) is 0.569. The van der Waals surface area contributed by atoms with Crippen molar-refractivity contribution in [3.05, 3.63) is 68.8 Å². The smallest absolute Gasteiger partial charge is 0.345 e. The van der Waals surface area contributed by atoms with Gasteiger partial charge in [-0.1, -0.05) is 40.2 Å². The van der Waals surface area contributed by atoms with Gasteiger partial charge in [0.25, 0.3) is 0 Å². The van der Waals surface area contributed by atoms with Crippen LogP contribution in [0.1, 0.15) is 10.4 Å². The number of fused-ring (bicyclic) bond motifs is 1. The molecule has 1 aromatic heterocycles. The minimum absolute atomic E-state index is 0.0940. The first-order chi connectivity index (χ1) is 10.6. The Morgan fingerprint density at radius 1 is 1.09 bits per heavy atom. The van der Waals surface area contributed by atoms with Gasteiger partial charge in [-0.3, -0.25) is 4.79 Å². The van der Waals surface area contributed by atoms with Crippen molar-refractivity contribution in [1.29, 1.82) is 0 Å². The van der Waals surface area contributed by atoms with Crippen molar-refractivity contribution in [2.75, 3.05) is 7.11 Å². The lowest BCUT2D eigenvalue weighted by Crippen LogP contribution is -2.18. The monoisotopic (exact) mass is 358 g/mol. The number of ether oxygens (including phenoxy) is 1. The summed E-state index contributed by atoms with van der Waals surface area (Å²) in [6.07, 6.45) is 0. The molecule has 0 aliphatic rings. The van der Waals surface area contributed by atoms with Gasteiger partial charge >= 0.3 is 5.97 Å². The SMILES string of the molecule is COC(=O)c1c(-c2ccc(Br)cc2)oc2ccccc2c1=O. The summed E-state index contributed by atoms with van der Waals surface area (Å²) in [4.78, 5) is 24.7. The van der Waals surface area contributed by atoms with E-state index >= 15 is 0 Å². The quantitative estimate of drug-likeness (QED) is 0.649. The molecule has 0 atom stereocenters. The highest BCUT2D eigenvalue weighted by atomic mass is 79.9. The number of carbonyl (C=O) groups is 1. The second kappa shape index (κ2) is 5.77. The zero-order valence-electron chi connectivity index (χ0n) is 11.6. The summed E-state index contributed by atoms with van der Waals surface area (Å²) in [7, 11) is 1.24. The zero-order chi connectivity index (χ0) is 15.7. The Morgan fingerprint density at radius 2 is 1.77 bits per heavy atom. The molecule has 0 saturated heterocycles. The highest BCUT2D eigenvalue weighted by Crippen LogP contribution is 2.27. The van der Waals surface area contributed by atoms with Crippen molar-refractivity contribution in [2.24, 2.45) is 0 Å². The molecule has 4 nitrogen and oxygen atoms in total. The van der Waals surface area contributed by atoms with Gasteiger partial charge in [-0.05, 0) is 24.3 Å². The summed E-state index contributed by atoms with van der Waals surface area (Å²) in [5, 5.41) is 0.351. The molecule has 5 heteroatoms. The van der Waals surface area contributed by atoms with Crippen molar-refractivity contribution in [2.45, 2.75) is 0 Å². The number of esters is 1. The number of carbonyl (C=O) groups excluding carboxylic acids is 1. The maximum Gasteiger partial charge on any atom is 0.345 e. The molecule has 0 unspecified atom stereocenters. The second-order valence-corrected chi connectivity index (χ2v) is 5.55. The van der Waals surface area contributed by atoms with Crippen LogP contribution in [0.4, 0.5) is 0 Å². The van der Waals surface area contributed by atoms with Gasteiger partial charge in [0.15, 0.2) is 11.3 Å². The maximum atomic E-state index is 12.6. The molecule has 0 saturated carbocycles. The Labute approximate surface area is 134 Å². The van der Waals surface area contributed by atoms with E-state index in [0.717, 1.165) is 4.47 Å². The van der Waals surface area contributed by atoms with Crippen molar-refractivity contribution >= 4 is 32.9 Å². The van der Waals surface area contributed by atoms with Crippen molar-refractivity contribution < 1.29 is 13.9 Å². The lowest BCUT2D eigenvalue weighted by atomic mass is 10.0. The Morgan fingerprint density at radius 3 is 2.45 bits per heavy atom. The van der Waals surface area contributed by atoms with E-state index in [1.165, 1.54) is 7.11 Å². The third-order valence-electron chi connectivity index (χ3n) is 3.29. The number of halogens is 1. The number of para-hydroxylation sites is 1. The number of hydrogen-bond donors (Lipinski definition) is 0. The minimum Gasteiger partial charge on any atom is -0.465 e. The molecule has 0 amide bonds. The van der Waals surface area contributed by atoms with E-state index in [4.69, 9.17) is 9.15 Å². The number of rotatable bonds is 2. The molecule has 2 aromatic carbocycles. The van der Waals surface area contributed by atoms with E-state index in [9.17, 15) is 9.59 Å². The van der Waals surface area contributed by atoms with Gasteiger partial charge in [0, 0.05) is 10.0 Å². The van der Waals surface area contributed by atoms with E-state index in [1.54, 1.807) is 36.4 Å². The predicted molar refractivity (Wildman–Crippen MR) is 87.0 cm³/mol. The van der Waals surface area contributed by atoms with Crippen LogP contribution >= 0.6 is 15.9 Å². The largest absolute Gasteiger partial charge is 0.465 e. The lowest BCUT2D eigenvalue weighted by Gasteiger charge is -2.08. The van der Waals surface area contributed by atoms with Crippen LogP contribution in [0, 0.1) is 0 Å². The Bertz CT molecular complexity index is 910. The minimum atomic E-state index is -0.711. The summed E-state index contributed by atoms with van der Waals surface area (Å²) in [6.45, 7) is 0. The summed E-state index contributed by atoms with van der Waals surface area (Å²) in [5.74, 6) is -0.500. The van der Waals surface area contributed by atoms with Crippen LogP contribution in [0.5, 0.6) is 0 Å². The number of benzene rings is 2. The van der Waals surface area contributed by atoms with E-state index in [0.29, 0.717) is 16.5 Å². The van der Waals surface area contributed by atoms with Crippen LogP contribution < -0.4 is 5.43 Å². The average Bonchev–Trinajstić information content (AvgIpc) is 2.55. The van der Waals surface area contributed by atoms with Gasteiger partial charge in [0.2, 0.25) is 5.43 Å². The standard InChI is InChI=1S/C17H11BrO4/c1-21-17(20)14-15(19)12-4-2-3-5-13(12)22-16(14)10-6-8-11(18)9-7-10/h2-9H,1H3. The summed E-state index contributed by atoms with van der Waals surface area (Å²) >= 11 is 3.35. The van der Waals surface area contributed by atoms with Crippen LogP contribution in [0.15, 0.2) is 62.2 Å². The predicted octanol–water partition coefficient (Wildman–Crippen LogP) is 4.01. The Hall–Kier alpha value is -2.40. The Kier molecular flexibility index (Phi) is 3.81. The summed E-state index contributed by atoms with van der Waals surface area (Å²) in [6, 6.07) is 14.0. The third kappa shape index (κ3) is 2.44. The molecule has 0 bridgehead atoms. The average molecular weight is 359 g/mol. The van der Waals surface area contributed by atoms with Crippen LogP contribution in [-0.4, -0.2) is 13.1 Å². The van der Waals surface area contributed by atoms with E-state index in [-0.39, 0.29) is 11.3 Å². The van der Waals surface area contributed by atoms with Crippen LogP contribution in [0.25, 0.3) is 22.3 Å². The first kappa shape index (κ1) is 14.5. The molecule has 1 heterocycles. The van der Waals surface area contributed by atoms with Gasteiger partial charge in [-0.2, -0.15) is 0 Å². The van der Waals surface area contributed by atoms with Crippen molar-refractivity contribution in [1.82, 2.24) is 0 Å². The van der Waals surface area contributed by atoms with Gasteiger partial charge in [-0.25, -0.2) is 4.79 Å². The molecule has 0 aliphatic carbocycles. The fraction of sp³-hybridized carbons (Fsp3) is 0.0588. The maximum absolute atomic E-state index is 12.6. The second-order valence-electron chi connectivity index (χ2n) is 4.63. The molecule has 22 heavy (non-hydrogen) atoms. The first-order valence-corrected chi connectivity index (χ1v) is 7.31. The number of methoxy groups -OCH3 is 1. The molecule has 110 valence electrons. The van der Waals surface area contributed by atoms with E-state index < -0.39 is 11.4 Å².